The fourth-order valence-electron chi connectivity index (χ4n) is 1.91. The molecule has 1 aromatic carbocycles. The maximum Gasteiger partial charge on any atom is 0.0406 e. The van der Waals surface area contributed by atoms with Gasteiger partial charge < -0.3 is 10.2 Å². The van der Waals surface area contributed by atoms with Crippen molar-refractivity contribution in [3.63, 3.8) is 0 Å². The second kappa shape index (κ2) is 6.89. The summed E-state index contributed by atoms with van der Waals surface area (Å²) < 4.78 is 0. The third-order valence-corrected chi connectivity index (χ3v) is 2.79. The minimum Gasteiger partial charge on any atom is -0.319 e. The van der Waals surface area contributed by atoms with Crippen LogP contribution in [-0.2, 0) is 6.54 Å². The topological polar surface area (TPSA) is 15.3 Å². The highest BCUT2D eigenvalue weighted by Crippen LogP contribution is 2.11. The van der Waals surface area contributed by atoms with Gasteiger partial charge in [0.1, 0.15) is 0 Å². The van der Waals surface area contributed by atoms with E-state index in [0.717, 1.165) is 24.7 Å². The van der Waals surface area contributed by atoms with Crippen molar-refractivity contribution in [3.05, 3.63) is 34.9 Å². The molecule has 1 N–H and O–H groups in total. The van der Waals surface area contributed by atoms with Crippen molar-refractivity contribution in [1.29, 1.82) is 0 Å². The first-order valence-corrected chi connectivity index (χ1v) is 6.07. The predicted octanol–water partition coefficient (Wildman–Crippen LogP) is 2.63. The van der Waals surface area contributed by atoms with Crippen LogP contribution < -0.4 is 5.32 Å². The number of halogens is 1. The summed E-state index contributed by atoms with van der Waals surface area (Å²) >= 11 is 5.85. The molecule has 0 spiro atoms. The molecule has 2 nitrogen and oxygen atoms in total. The molecule has 0 radical (unpaired) electrons. The second-order valence-electron chi connectivity index (χ2n) is 4.49. The molecule has 0 saturated carbocycles. The lowest BCUT2D eigenvalue weighted by molar-refractivity contribution is 0.276. The number of nitrogens with one attached hydrogen (secondary N) is 1. The predicted molar refractivity (Wildman–Crippen MR) is 70.9 cm³/mol. The number of nitrogens with zero attached hydrogens (tertiary/aromatic N) is 1. The Morgan fingerprint density at radius 3 is 2.50 bits per heavy atom. The van der Waals surface area contributed by atoms with Gasteiger partial charge in [0.15, 0.2) is 0 Å². The Labute approximate surface area is 104 Å². The Kier molecular flexibility index (Phi) is 5.81. The van der Waals surface area contributed by atoms with E-state index in [1.165, 1.54) is 5.56 Å². The molecular weight excluding hydrogens is 220 g/mol. The molecule has 0 aliphatic rings. The SMILES string of the molecule is CNCC(C)CN(C)Cc1ccc(Cl)cc1. The Morgan fingerprint density at radius 2 is 1.94 bits per heavy atom. The van der Waals surface area contributed by atoms with E-state index in [1.54, 1.807) is 0 Å². The van der Waals surface area contributed by atoms with E-state index in [1.807, 2.05) is 19.2 Å². The average molecular weight is 241 g/mol. The van der Waals surface area contributed by atoms with E-state index in [0.29, 0.717) is 5.92 Å². The van der Waals surface area contributed by atoms with E-state index in [4.69, 9.17) is 11.6 Å². The molecule has 1 atom stereocenters. The van der Waals surface area contributed by atoms with Gasteiger partial charge in [0.2, 0.25) is 0 Å². The fourth-order valence-corrected chi connectivity index (χ4v) is 2.04. The molecule has 0 fully saturated rings. The molecule has 0 aliphatic carbocycles. The van der Waals surface area contributed by atoms with Crippen molar-refractivity contribution in [2.24, 2.45) is 5.92 Å². The minimum atomic E-state index is 0.669. The van der Waals surface area contributed by atoms with Crippen molar-refractivity contribution in [2.45, 2.75) is 13.5 Å². The van der Waals surface area contributed by atoms with Crippen LogP contribution in [0.15, 0.2) is 24.3 Å². The zero-order valence-electron chi connectivity index (χ0n) is 10.3. The quantitative estimate of drug-likeness (QED) is 0.823. The third-order valence-electron chi connectivity index (χ3n) is 2.54. The molecule has 0 bridgehead atoms. The monoisotopic (exact) mass is 240 g/mol. The summed E-state index contributed by atoms with van der Waals surface area (Å²) in [5.74, 6) is 0.669. The molecule has 90 valence electrons. The number of hydrogen-bond donors (Lipinski definition) is 1. The molecular formula is C13H21ClN2. The van der Waals surface area contributed by atoms with Crippen molar-refractivity contribution < 1.29 is 0 Å². The first-order chi connectivity index (χ1) is 7.61. The summed E-state index contributed by atoms with van der Waals surface area (Å²) in [7, 11) is 4.15. The summed E-state index contributed by atoms with van der Waals surface area (Å²) in [6, 6.07) is 8.06. The van der Waals surface area contributed by atoms with E-state index in [2.05, 4.69) is 36.3 Å². The first kappa shape index (κ1) is 13.5. The molecule has 0 aromatic heterocycles. The van der Waals surface area contributed by atoms with E-state index < -0.39 is 0 Å². The van der Waals surface area contributed by atoms with Crippen LogP contribution in [0.25, 0.3) is 0 Å². The average Bonchev–Trinajstić information content (AvgIpc) is 2.21. The number of hydrogen-bond acceptors (Lipinski definition) is 2. The van der Waals surface area contributed by atoms with Crippen molar-refractivity contribution in [3.8, 4) is 0 Å². The Bertz CT molecular complexity index is 297. The van der Waals surface area contributed by atoms with E-state index >= 15 is 0 Å². The highest BCUT2D eigenvalue weighted by molar-refractivity contribution is 6.30. The standard InChI is InChI=1S/C13H21ClN2/c1-11(8-15-2)9-16(3)10-12-4-6-13(14)7-5-12/h4-7,11,15H,8-10H2,1-3H3. The summed E-state index contributed by atoms with van der Waals surface area (Å²) in [6.45, 7) is 5.40. The van der Waals surface area contributed by atoms with Gasteiger partial charge in [0.25, 0.3) is 0 Å². The van der Waals surface area contributed by atoms with Crippen LogP contribution in [-0.4, -0.2) is 32.1 Å². The highest BCUT2D eigenvalue weighted by atomic mass is 35.5. The normalized spacial score (nSPS) is 13.1. The van der Waals surface area contributed by atoms with Gasteiger partial charge in [-0.1, -0.05) is 30.7 Å². The first-order valence-electron chi connectivity index (χ1n) is 5.69. The van der Waals surface area contributed by atoms with Crippen LogP contribution in [0, 0.1) is 5.92 Å². The summed E-state index contributed by atoms with van der Waals surface area (Å²) in [4.78, 5) is 2.34. The zero-order valence-corrected chi connectivity index (χ0v) is 11.1. The van der Waals surface area contributed by atoms with Gasteiger partial charge in [0.05, 0.1) is 0 Å². The maximum atomic E-state index is 5.85. The molecule has 0 saturated heterocycles. The van der Waals surface area contributed by atoms with Crippen LogP contribution in [0.3, 0.4) is 0 Å². The molecule has 1 unspecified atom stereocenters. The molecule has 0 aliphatic heterocycles. The van der Waals surface area contributed by atoms with E-state index in [-0.39, 0.29) is 0 Å². The maximum absolute atomic E-state index is 5.85. The van der Waals surface area contributed by atoms with Gasteiger partial charge in [-0.2, -0.15) is 0 Å². The lowest BCUT2D eigenvalue weighted by Crippen LogP contribution is -2.29. The summed E-state index contributed by atoms with van der Waals surface area (Å²) in [5.41, 5.74) is 1.31. The molecule has 1 rings (SSSR count). The second-order valence-corrected chi connectivity index (χ2v) is 4.92. The lowest BCUT2D eigenvalue weighted by Gasteiger charge is -2.21. The molecule has 16 heavy (non-hydrogen) atoms. The van der Waals surface area contributed by atoms with Gasteiger partial charge in [-0.05, 0) is 44.3 Å². The Balaban J connectivity index is 2.39. The summed E-state index contributed by atoms with van der Waals surface area (Å²) in [5, 5.41) is 4.00. The Hall–Kier alpha value is -0.570. The fraction of sp³-hybridized carbons (Fsp3) is 0.538. The summed E-state index contributed by atoms with van der Waals surface area (Å²) in [6.07, 6.45) is 0. The van der Waals surface area contributed by atoms with Crippen LogP contribution in [0.1, 0.15) is 12.5 Å². The smallest absolute Gasteiger partial charge is 0.0406 e. The van der Waals surface area contributed by atoms with Gasteiger partial charge >= 0.3 is 0 Å². The van der Waals surface area contributed by atoms with Crippen LogP contribution >= 0.6 is 11.6 Å². The molecule has 3 heteroatoms. The minimum absolute atomic E-state index is 0.669. The van der Waals surface area contributed by atoms with Crippen LogP contribution in [0.4, 0.5) is 0 Å². The van der Waals surface area contributed by atoms with Gasteiger partial charge in [-0.15, -0.1) is 0 Å². The van der Waals surface area contributed by atoms with Crippen LogP contribution in [0.2, 0.25) is 5.02 Å². The Morgan fingerprint density at radius 1 is 1.31 bits per heavy atom. The van der Waals surface area contributed by atoms with Gasteiger partial charge in [-0.3, -0.25) is 0 Å². The molecule has 0 heterocycles. The number of rotatable bonds is 6. The van der Waals surface area contributed by atoms with Crippen molar-refractivity contribution in [2.75, 3.05) is 27.2 Å². The highest BCUT2D eigenvalue weighted by Gasteiger charge is 2.05. The van der Waals surface area contributed by atoms with Gasteiger partial charge in [0, 0.05) is 18.1 Å². The largest absolute Gasteiger partial charge is 0.319 e. The van der Waals surface area contributed by atoms with Crippen molar-refractivity contribution >= 4 is 11.6 Å². The molecule has 1 aromatic rings. The zero-order chi connectivity index (χ0) is 12.0. The third kappa shape index (κ3) is 4.97. The van der Waals surface area contributed by atoms with Crippen LogP contribution in [0.5, 0.6) is 0 Å². The van der Waals surface area contributed by atoms with Gasteiger partial charge in [-0.25, -0.2) is 0 Å². The molecule has 0 amide bonds. The number of benzene rings is 1. The van der Waals surface area contributed by atoms with E-state index in [9.17, 15) is 0 Å². The lowest BCUT2D eigenvalue weighted by atomic mass is 10.1. The van der Waals surface area contributed by atoms with Crippen molar-refractivity contribution in [1.82, 2.24) is 10.2 Å².